The average molecular weight is 192 g/mol. The summed E-state index contributed by atoms with van der Waals surface area (Å²) in [7, 11) is 0. The summed E-state index contributed by atoms with van der Waals surface area (Å²) in [6.07, 6.45) is 0.850. The van der Waals surface area contributed by atoms with Crippen molar-refractivity contribution in [2.24, 2.45) is 0 Å². The van der Waals surface area contributed by atoms with E-state index >= 15 is 0 Å². The minimum Gasteiger partial charge on any atom is -0.277 e. The van der Waals surface area contributed by atoms with Crippen LogP contribution in [0.15, 0.2) is 30.3 Å². The highest BCUT2D eigenvalue weighted by molar-refractivity contribution is 5.73. The topological polar surface area (TPSA) is 23.6 Å². The molecule has 0 aromatic heterocycles. The summed E-state index contributed by atoms with van der Waals surface area (Å²) in [5.74, 6) is 0. The van der Waals surface area contributed by atoms with Crippen molar-refractivity contribution in [3.8, 4) is 0 Å². The van der Waals surface area contributed by atoms with Crippen LogP contribution in [-0.2, 0) is 4.79 Å². The molecule has 0 saturated carbocycles. The molecule has 0 radical (unpaired) electrons. The van der Waals surface area contributed by atoms with Crippen molar-refractivity contribution >= 4 is 12.1 Å². The van der Waals surface area contributed by atoms with E-state index in [2.05, 4.69) is 0 Å². The summed E-state index contributed by atoms with van der Waals surface area (Å²) in [5.41, 5.74) is 0.909. The van der Waals surface area contributed by atoms with Crippen molar-refractivity contribution < 1.29 is 4.79 Å². The molecule has 1 aromatic rings. The number of hydrazine groups is 1. The minimum atomic E-state index is 0.824. The summed E-state index contributed by atoms with van der Waals surface area (Å²) in [4.78, 5) is 10.9. The van der Waals surface area contributed by atoms with Gasteiger partial charge in [-0.2, -0.15) is 0 Å². The molecule has 0 aliphatic heterocycles. The van der Waals surface area contributed by atoms with E-state index in [1.165, 1.54) is 0 Å². The van der Waals surface area contributed by atoms with Crippen LogP contribution in [0.2, 0.25) is 0 Å². The number of anilines is 1. The molecule has 1 rings (SSSR count). The molecule has 1 amide bonds. The second kappa shape index (κ2) is 5.40. The van der Waals surface area contributed by atoms with Crippen molar-refractivity contribution in [2.75, 3.05) is 18.1 Å². The van der Waals surface area contributed by atoms with E-state index in [1.54, 1.807) is 5.01 Å². The summed E-state index contributed by atoms with van der Waals surface area (Å²) in [6.45, 7) is 5.71. The number of carbonyl (C=O) groups is 1. The van der Waals surface area contributed by atoms with Crippen molar-refractivity contribution in [1.29, 1.82) is 0 Å². The molecule has 0 heterocycles. The molecule has 0 atom stereocenters. The fraction of sp³-hybridized carbons (Fsp3) is 0.364. The number of hydrogen-bond acceptors (Lipinski definition) is 2. The smallest absolute Gasteiger partial charge is 0.228 e. The molecule has 0 N–H and O–H groups in total. The molecule has 14 heavy (non-hydrogen) atoms. The van der Waals surface area contributed by atoms with Crippen LogP contribution < -0.4 is 5.01 Å². The van der Waals surface area contributed by atoms with E-state index in [-0.39, 0.29) is 0 Å². The molecule has 0 fully saturated rings. The highest BCUT2D eigenvalue weighted by Gasteiger charge is 2.10. The Kier molecular flexibility index (Phi) is 4.13. The molecule has 0 spiro atoms. The highest BCUT2D eigenvalue weighted by Crippen LogP contribution is 2.13. The van der Waals surface area contributed by atoms with E-state index in [9.17, 15) is 4.79 Å². The molecular formula is C11H16N2O. The normalized spacial score (nSPS) is 10.2. The Morgan fingerprint density at radius 3 is 2.14 bits per heavy atom. The predicted molar refractivity (Wildman–Crippen MR) is 57.9 cm³/mol. The highest BCUT2D eigenvalue weighted by atomic mass is 16.1. The number of benzene rings is 1. The second-order valence-corrected chi connectivity index (χ2v) is 2.92. The van der Waals surface area contributed by atoms with Gasteiger partial charge in [-0.3, -0.25) is 4.79 Å². The molecule has 0 bridgehead atoms. The quantitative estimate of drug-likeness (QED) is 0.525. The molecule has 0 aliphatic rings. The maximum absolute atomic E-state index is 10.9. The third kappa shape index (κ3) is 2.33. The van der Waals surface area contributed by atoms with Crippen molar-refractivity contribution in [3.05, 3.63) is 30.3 Å². The first-order chi connectivity index (χ1) is 6.83. The molecule has 3 nitrogen and oxygen atoms in total. The first-order valence-electron chi connectivity index (χ1n) is 4.87. The molecule has 76 valence electrons. The summed E-state index contributed by atoms with van der Waals surface area (Å²) in [5, 5.41) is 3.61. The standard InChI is InChI=1S/C11H16N2O/c1-3-12(4-2)13(10-14)11-8-6-5-7-9-11/h5-10H,3-4H2,1-2H3. The van der Waals surface area contributed by atoms with Crippen LogP contribution >= 0.6 is 0 Å². The fourth-order valence-electron chi connectivity index (χ4n) is 1.40. The largest absolute Gasteiger partial charge is 0.277 e. The number of nitrogens with zero attached hydrogens (tertiary/aromatic N) is 2. The molecule has 3 heteroatoms. The van der Waals surface area contributed by atoms with E-state index in [4.69, 9.17) is 0 Å². The number of para-hydroxylation sites is 1. The Morgan fingerprint density at radius 1 is 1.14 bits per heavy atom. The molecule has 0 aliphatic carbocycles. The van der Waals surface area contributed by atoms with Crippen LogP contribution in [-0.4, -0.2) is 24.5 Å². The molecule has 1 aromatic carbocycles. The van der Waals surface area contributed by atoms with Gasteiger partial charge in [0.2, 0.25) is 6.41 Å². The van der Waals surface area contributed by atoms with Gasteiger partial charge in [-0.1, -0.05) is 32.0 Å². The lowest BCUT2D eigenvalue weighted by Gasteiger charge is -2.29. The Balaban J connectivity index is 2.86. The SMILES string of the molecule is CCN(CC)N(C=O)c1ccccc1. The Morgan fingerprint density at radius 2 is 1.71 bits per heavy atom. The summed E-state index contributed by atoms with van der Waals surface area (Å²) in [6, 6.07) is 9.64. The van der Waals surface area contributed by atoms with Crippen LogP contribution in [0.5, 0.6) is 0 Å². The predicted octanol–water partition coefficient (Wildman–Crippen LogP) is 1.91. The first kappa shape index (κ1) is 10.7. The maximum atomic E-state index is 10.9. The molecule has 0 unspecified atom stereocenters. The lowest BCUT2D eigenvalue weighted by molar-refractivity contribution is -0.110. The van der Waals surface area contributed by atoms with Gasteiger partial charge in [-0.25, -0.2) is 10.0 Å². The third-order valence-electron chi connectivity index (χ3n) is 2.16. The summed E-state index contributed by atoms with van der Waals surface area (Å²) >= 11 is 0. The van der Waals surface area contributed by atoms with E-state index in [0.717, 1.165) is 25.2 Å². The van der Waals surface area contributed by atoms with Gasteiger partial charge in [0.1, 0.15) is 0 Å². The average Bonchev–Trinajstić information content (AvgIpc) is 2.27. The Bertz CT molecular complexity index is 270. The van der Waals surface area contributed by atoms with Gasteiger partial charge in [0, 0.05) is 13.1 Å². The Hall–Kier alpha value is -1.35. The lowest BCUT2D eigenvalue weighted by Crippen LogP contribution is -2.41. The van der Waals surface area contributed by atoms with Gasteiger partial charge in [-0.05, 0) is 12.1 Å². The molecular weight excluding hydrogens is 176 g/mol. The molecule has 0 saturated heterocycles. The zero-order chi connectivity index (χ0) is 10.4. The number of rotatable bonds is 5. The Labute approximate surface area is 84.9 Å². The van der Waals surface area contributed by atoms with Gasteiger partial charge in [0.25, 0.3) is 0 Å². The van der Waals surface area contributed by atoms with Crippen molar-refractivity contribution in [3.63, 3.8) is 0 Å². The number of carbonyl (C=O) groups excluding carboxylic acids is 1. The zero-order valence-corrected chi connectivity index (χ0v) is 8.68. The van der Waals surface area contributed by atoms with E-state index < -0.39 is 0 Å². The van der Waals surface area contributed by atoms with Crippen molar-refractivity contribution in [2.45, 2.75) is 13.8 Å². The van der Waals surface area contributed by atoms with Crippen LogP contribution in [0.4, 0.5) is 5.69 Å². The van der Waals surface area contributed by atoms with Gasteiger partial charge in [0.15, 0.2) is 0 Å². The van der Waals surface area contributed by atoms with Gasteiger partial charge >= 0.3 is 0 Å². The van der Waals surface area contributed by atoms with E-state index in [1.807, 2.05) is 49.2 Å². The second-order valence-electron chi connectivity index (χ2n) is 2.92. The number of amides is 1. The van der Waals surface area contributed by atoms with Crippen LogP contribution in [0, 0.1) is 0 Å². The summed E-state index contributed by atoms with van der Waals surface area (Å²) < 4.78 is 0. The van der Waals surface area contributed by atoms with E-state index in [0.29, 0.717) is 0 Å². The maximum Gasteiger partial charge on any atom is 0.228 e. The van der Waals surface area contributed by atoms with Crippen molar-refractivity contribution in [1.82, 2.24) is 5.01 Å². The monoisotopic (exact) mass is 192 g/mol. The zero-order valence-electron chi connectivity index (χ0n) is 8.68. The number of hydrogen-bond donors (Lipinski definition) is 0. The lowest BCUT2D eigenvalue weighted by atomic mass is 10.3. The van der Waals surface area contributed by atoms with Gasteiger partial charge < -0.3 is 0 Å². The minimum absolute atomic E-state index is 0.824. The van der Waals surface area contributed by atoms with Gasteiger partial charge in [-0.15, -0.1) is 0 Å². The third-order valence-corrected chi connectivity index (χ3v) is 2.16. The van der Waals surface area contributed by atoms with Crippen LogP contribution in [0.1, 0.15) is 13.8 Å². The van der Waals surface area contributed by atoms with Crippen LogP contribution in [0.25, 0.3) is 0 Å². The fourth-order valence-corrected chi connectivity index (χ4v) is 1.40. The van der Waals surface area contributed by atoms with Crippen LogP contribution in [0.3, 0.4) is 0 Å². The first-order valence-corrected chi connectivity index (χ1v) is 4.87. The van der Waals surface area contributed by atoms with Gasteiger partial charge in [0.05, 0.1) is 5.69 Å².